The molecule has 3 aromatic carbocycles. The van der Waals surface area contributed by atoms with E-state index in [1.54, 1.807) is 30.3 Å². The second-order valence-corrected chi connectivity index (χ2v) is 9.57. The van der Waals surface area contributed by atoms with Gasteiger partial charge in [0, 0.05) is 12.1 Å². The van der Waals surface area contributed by atoms with E-state index in [4.69, 9.17) is 14.2 Å². The largest absolute Gasteiger partial charge is 0.497 e. The number of sulfonamides is 1. The minimum atomic E-state index is -4.64. The maximum absolute atomic E-state index is 13.7. The highest BCUT2D eigenvalue weighted by atomic mass is 32.2. The van der Waals surface area contributed by atoms with Crippen LogP contribution in [0.3, 0.4) is 0 Å². The van der Waals surface area contributed by atoms with Gasteiger partial charge in [-0.3, -0.25) is 19.2 Å². The monoisotopic (exact) mass is 554 g/mol. The molecule has 0 fully saturated rings. The lowest BCUT2D eigenvalue weighted by molar-refractivity contribution is -0.387. The molecule has 0 heterocycles. The summed E-state index contributed by atoms with van der Waals surface area (Å²) >= 11 is 0. The Bertz CT molecular complexity index is 1490. The number of benzene rings is 3. The molecule has 0 aromatic heterocycles. The van der Waals surface area contributed by atoms with Crippen molar-refractivity contribution in [2.45, 2.75) is 4.90 Å². The van der Waals surface area contributed by atoms with Crippen molar-refractivity contribution in [2.24, 2.45) is 5.10 Å². The summed E-state index contributed by atoms with van der Waals surface area (Å²) in [5, 5.41) is 15.5. The molecule has 3 aromatic rings. The smallest absolute Gasteiger partial charge is 0.289 e. The molecule has 1 amide bonds. The Morgan fingerprint density at radius 3 is 2.54 bits per heavy atom. The average Bonchev–Trinajstić information content (AvgIpc) is 2.94. The number of carbonyl (C=O) groups excluding carboxylic acids is 1. The number of carbonyl (C=O) groups is 1. The molecule has 0 bridgehead atoms. The molecule has 13 heteroatoms. The third kappa shape index (κ3) is 7.11. The van der Waals surface area contributed by atoms with E-state index in [2.05, 4.69) is 17.1 Å². The zero-order valence-electron chi connectivity index (χ0n) is 21.1. The van der Waals surface area contributed by atoms with Crippen LogP contribution in [0, 0.1) is 10.1 Å². The Balaban J connectivity index is 1.95. The van der Waals surface area contributed by atoms with E-state index in [9.17, 15) is 23.3 Å². The minimum absolute atomic E-state index is 0.0392. The van der Waals surface area contributed by atoms with Gasteiger partial charge in [0.25, 0.3) is 21.6 Å². The first-order chi connectivity index (χ1) is 18.7. The number of hydrogen-bond acceptors (Lipinski definition) is 9. The van der Waals surface area contributed by atoms with E-state index >= 15 is 0 Å². The standard InChI is InChI=1S/C26H26N4O8S/c1-4-14-38-21-9-7-8-19(15-21)17-27-28-26(31)18-29(22-13-12-20(36-2)16-24(22)37-3)39(34,35)25-11-6-5-10-23(25)30(32)33/h4-13,15-17H,1,14,18H2,2-3H3,(H,28,31)/b27-17-. The first kappa shape index (κ1) is 28.7. The first-order valence-electron chi connectivity index (χ1n) is 11.3. The van der Waals surface area contributed by atoms with Crippen LogP contribution in [0.4, 0.5) is 11.4 Å². The van der Waals surface area contributed by atoms with E-state index in [-0.39, 0.29) is 11.4 Å². The van der Waals surface area contributed by atoms with Crippen LogP contribution in [-0.4, -0.2) is 52.8 Å². The van der Waals surface area contributed by atoms with Crippen LogP contribution in [0.5, 0.6) is 17.2 Å². The summed E-state index contributed by atoms with van der Waals surface area (Å²) in [6.45, 7) is 3.14. The number of rotatable bonds is 13. The molecule has 39 heavy (non-hydrogen) atoms. The number of ether oxygens (including phenoxy) is 3. The van der Waals surface area contributed by atoms with Gasteiger partial charge in [-0.05, 0) is 35.9 Å². The highest BCUT2D eigenvalue weighted by Gasteiger charge is 2.34. The Hall–Kier alpha value is -4.91. The van der Waals surface area contributed by atoms with Crippen molar-refractivity contribution < 1.29 is 32.3 Å². The fourth-order valence-corrected chi connectivity index (χ4v) is 5.01. The third-order valence-electron chi connectivity index (χ3n) is 5.20. The van der Waals surface area contributed by atoms with Gasteiger partial charge in [-0.25, -0.2) is 13.8 Å². The molecule has 3 rings (SSSR count). The number of nitrogens with zero attached hydrogens (tertiary/aromatic N) is 3. The molecule has 0 aliphatic carbocycles. The number of para-hydroxylation sites is 1. The predicted octanol–water partition coefficient (Wildman–Crippen LogP) is 3.52. The molecular weight excluding hydrogens is 528 g/mol. The van der Waals surface area contributed by atoms with Gasteiger partial charge in [-0.1, -0.05) is 36.9 Å². The molecule has 0 saturated carbocycles. The Labute approximate surface area is 225 Å². The molecule has 0 atom stereocenters. The van der Waals surface area contributed by atoms with Crippen LogP contribution in [0.1, 0.15) is 5.56 Å². The predicted molar refractivity (Wildman–Crippen MR) is 145 cm³/mol. The van der Waals surface area contributed by atoms with Gasteiger partial charge in [0.2, 0.25) is 0 Å². The van der Waals surface area contributed by atoms with Crippen LogP contribution in [-0.2, 0) is 14.8 Å². The lowest BCUT2D eigenvalue weighted by Gasteiger charge is -2.25. The average molecular weight is 555 g/mol. The molecule has 0 saturated heterocycles. The number of nitrogens with one attached hydrogen (secondary N) is 1. The van der Waals surface area contributed by atoms with Crippen molar-refractivity contribution in [1.29, 1.82) is 0 Å². The normalized spacial score (nSPS) is 11.0. The lowest BCUT2D eigenvalue weighted by atomic mass is 10.2. The second kappa shape index (κ2) is 13.1. The number of amides is 1. The van der Waals surface area contributed by atoms with Crippen LogP contribution in [0.2, 0.25) is 0 Å². The zero-order chi connectivity index (χ0) is 28.4. The summed E-state index contributed by atoms with van der Waals surface area (Å²) in [6.07, 6.45) is 2.95. The Morgan fingerprint density at radius 2 is 1.85 bits per heavy atom. The first-order valence-corrected chi connectivity index (χ1v) is 12.8. The van der Waals surface area contributed by atoms with E-state index < -0.39 is 38.0 Å². The highest BCUT2D eigenvalue weighted by Crippen LogP contribution is 2.37. The fraction of sp³-hybridized carbons (Fsp3) is 0.154. The van der Waals surface area contributed by atoms with Crippen molar-refractivity contribution in [3.8, 4) is 17.2 Å². The summed E-state index contributed by atoms with van der Waals surface area (Å²) < 4.78 is 44.1. The van der Waals surface area contributed by atoms with Gasteiger partial charge in [-0.15, -0.1) is 0 Å². The lowest BCUT2D eigenvalue weighted by Crippen LogP contribution is -2.40. The second-order valence-electron chi connectivity index (χ2n) is 7.74. The molecule has 0 aliphatic rings. The number of hydrazone groups is 1. The molecule has 0 aliphatic heterocycles. The summed E-state index contributed by atoms with van der Waals surface area (Å²) in [5.74, 6) is 0.181. The maximum Gasteiger partial charge on any atom is 0.289 e. The van der Waals surface area contributed by atoms with Gasteiger partial charge >= 0.3 is 0 Å². The van der Waals surface area contributed by atoms with Gasteiger partial charge < -0.3 is 14.2 Å². The van der Waals surface area contributed by atoms with Crippen molar-refractivity contribution >= 4 is 33.5 Å². The summed E-state index contributed by atoms with van der Waals surface area (Å²) in [6, 6.07) is 16.0. The highest BCUT2D eigenvalue weighted by molar-refractivity contribution is 7.93. The zero-order valence-corrected chi connectivity index (χ0v) is 22.0. The molecule has 0 spiro atoms. The van der Waals surface area contributed by atoms with Gasteiger partial charge in [0.05, 0.1) is 31.0 Å². The maximum atomic E-state index is 13.7. The minimum Gasteiger partial charge on any atom is -0.497 e. The van der Waals surface area contributed by atoms with Gasteiger partial charge in [0.1, 0.15) is 30.4 Å². The summed E-state index contributed by atoms with van der Waals surface area (Å²) in [7, 11) is -1.90. The molecule has 0 radical (unpaired) electrons. The quantitative estimate of drug-likeness (QED) is 0.146. The SMILES string of the molecule is C=CCOc1cccc(/C=N\NC(=O)CN(c2ccc(OC)cc2OC)S(=O)(=O)c2ccccc2[N+](=O)[O-])c1. The summed E-state index contributed by atoms with van der Waals surface area (Å²) in [4.78, 5) is 23.1. The molecule has 0 unspecified atom stereocenters. The van der Waals surface area contributed by atoms with Gasteiger partial charge in [-0.2, -0.15) is 5.10 Å². The summed E-state index contributed by atoms with van der Waals surface area (Å²) in [5.41, 5.74) is 2.21. The van der Waals surface area contributed by atoms with Crippen LogP contribution in [0.25, 0.3) is 0 Å². The van der Waals surface area contributed by atoms with Crippen LogP contribution < -0.4 is 23.9 Å². The Morgan fingerprint density at radius 1 is 1.08 bits per heavy atom. The van der Waals surface area contributed by atoms with Gasteiger partial charge in [0.15, 0.2) is 4.90 Å². The number of methoxy groups -OCH3 is 2. The van der Waals surface area contributed by atoms with Crippen molar-refractivity contribution in [1.82, 2.24) is 5.43 Å². The molecule has 12 nitrogen and oxygen atoms in total. The number of anilines is 1. The van der Waals surface area contributed by atoms with E-state index in [0.717, 1.165) is 12.1 Å². The van der Waals surface area contributed by atoms with E-state index in [1.807, 2.05) is 0 Å². The van der Waals surface area contributed by atoms with Crippen molar-refractivity contribution in [3.05, 3.63) is 95.1 Å². The Kier molecular flexibility index (Phi) is 9.59. The van der Waals surface area contributed by atoms with E-state index in [0.29, 0.717) is 28.0 Å². The molecule has 1 N–H and O–H groups in total. The number of nitro groups is 1. The number of nitro benzene ring substituents is 1. The molecule has 204 valence electrons. The molecular formula is C26H26N4O8S. The van der Waals surface area contributed by atoms with Crippen LogP contribution >= 0.6 is 0 Å². The van der Waals surface area contributed by atoms with E-state index in [1.165, 1.54) is 50.8 Å². The number of hydrogen-bond donors (Lipinski definition) is 1. The van der Waals surface area contributed by atoms with Crippen LogP contribution in [0.15, 0.2) is 89.4 Å². The van der Waals surface area contributed by atoms with Crippen molar-refractivity contribution in [2.75, 3.05) is 31.7 Å². The fourth-order valence-electron chi connectivity index (χ4n) is 3.42. The third-order valence-corrected chi connectivity index (χ3v) is 7.01. The van der Waals surface area contributed by atoms with Crippen molar-refractivity contribution in [3.63, 3.8) is 0 Å². The topological polar surface area (TPSA) is 150 Å².